The van der Waals surface area contributed by atoms with Crippen LogP contribution in [0.3, 0.4) is 0 Å². The molecule has 31 heavy (non-hydrogen) atoms. The summed E-state index contributed by atoms with van der Waals surface area (Å²) in [6.07, 6.45) is 0.839. The summed E-state index contributed by atoms with van der Waals surface area (Å²) in [6.45, 7) is 3.85. The maximum atomic E-state index is 13.3. The van der Waals surface area contributed by atoms with Gasteiger partial charge in [0, 0.05) is 11.5 Å². The molecule has 0 aliphatic rings. The second kappa shape index (κ2) is 9.45. The number of rotatable bonds is 6. The molecule has 4 N–H and O–H groups in total. The Hall–Kier alpha value is -2.97. The van der Waals surface area contributed by atoms with Crippen molar-refractivity contribution in [3.63, 3.8) is 0 Å². The normalized spacial score (nSPS) is 12.3. The Kier molecular flexibility index (Phi) is 6.92. The Morgan fingerprint density at radius 2 is 1.87 bits per heavy atom. The summed E-state index contributed by atoms with van der Waals surface area (Å²) in [4.78, 5) is 16.3. The van der Waals surface area contributed by atoms with Crippen molar-refractivity contribution in [3.05, 3.63) is 70.3 Å². The zero-order valence-corrected chi connectivity index (χ0v) is 18.1. The first-order chi connectivity index (χ1) is 14.8. The molecule has 1 aromatic heterocycles. The molecule has 0 amide bonds. The van der Waals surface area contributed by atoms with Crippen molar-refractivity contribution in [2.45, 2.75) is 38.8 Å². The Labute approximate surface area is 183 Å². The van der Waals surface area contributed by atoms with Gasteiger partial charge in [0.1, 0.15) is 22.0 Å². The minimum atomic E-state index is -1.20. The van der Waals surface area contributed by atoms with E-state index in [9.17, 15) is 14.3 Å². The standard InChI is InChI=1S/C23H24FN3O3S/c1-3-23(29,4-2)21(25)31-22(26)27-13-14-5-10-17-18(12-20(28)30-19(17)11-14)15-6-8-16(24)9-7-15/h5-12,25,29H,3-4,13H2,1-2H3,(H2,26,27). The van der Waals surface area contributed by atoms with Gasteiger partial charge in [-0.05, 0) is 59.5 Å². The fraction of sp³-hybridized carbons (Fsp3) is 0.261. The zero-order chi connectivity index (χ0) is 22.6. The molecule has 1 heterocycles. The van der Waals surface area contributed by atoms with E-state index < -0.39 is 11.2 Å². The van der Waals surface area contributed by atoms with Crippen LogP contribution in [0.2, 0.25) is 0 Å². The van der Waals surface area contributed by atoms with Crippen molar-refractivity contribution in [1.29, 1.82) is 5.41 Å². The van der Waals surface area contributed by atoms with Crippen molar-refractivity contribution < 1.29 is 13.9 Å². The molecule has 0 saturated carbocycles. The van der Waals surface area contributed by atoms with Gasteiger partial charge in [-0.15, -0.1) is 0 Å². The van der Waals surface area contributed by atoms with E-state index >= 15 is 0 Å². The highest BCUT2D eigenvalue weighted by molar-refractivity contribution is 8.26. The summed E-state index contributed by atoms with van der Waals surface area (Å²) in [5, 5.41) is 19.4. The summed E-state index contributed by atoms with van der Waals surface area (Å²) in [5.41, 5.74) is 6.76. The lowest BCUT2D eigenvalue weighted by molar-refractivity contribution is 0.106. The number of nitrogens with one attached hydrogen (secondary N) is 1. The molecule has 8 heteroatoms. The van der Waals surface area contributed by atoms with Gasteiger partial charge < -0.3 is 15.3 Å². The Balaban J connectivity index is 1.85. The molecule has 3 aromatic rings. The third-order valence-electron chi connectivity index (χ3n) is 5.18. The summed E-state index contributed by atoms with van der Waals surface area (Å²) < 4.78 is 18.6. The average Bonchev–Trinajstić information content (AvgIpc) is 2.76. The SMILES string of the molecule is CCC(O)(CC)C(=N)SC(N)=NCc1ccc2c(-c3ccc(F)cc3)cc(=O)oc2c1. The second-order valence-corrected chi connectivity index (χ2v) is 8.17. The number of amidine groups is 1. The second-order valence-electron chi connectivity index (χ2n) is 7.14. The van der Waals surface area contributed by atoms with Crippen LogP contribution in [0.1, 0.15) is 32.3 Å². The first-order valence-corrected chi connectivity index (χ1v) is 10.7. The van der Waals surface area contributed by atoms with E-state index in [0.717, 1.165) is 22.7 Å². The van der Waals surface area contributed by atoms with Gasteiger partial charge in [0.25, 0.3) is 0 Å². The zero-order valence-electron chi connectivity index (χ0n) is 17.3. The summed E-state index contributed by atoms with van der Waals surface area (Å²) in [6, 6.07) is 12.7. The first kappa shape index (κ1) is 22.7. The lowest BCUT2D eigenvalue weighted by Gasteiger charge is -2.25. The van der Waals surface area contributed by atoms with E-state index in [1.807, 2.05) is 26.0 Å². The molecule has 0 aliphatic carbocycles. The van der Waals surface area contributed by atoms with E-state index in [1.54, 1.807) is 18.2 Å². The minimum Gasteiger partial charge on any atom is -0.423 e. The fourth-order valence-electron chi connectivity index (χ4n) is 3.15. The maximum absolute atomic E-state index is 13.3. The van der Waals surface area contributed by atoms with E-state index in [-0.39, 0.29) is 22.6 Å². The topological polar surface area (TPSA) is 113 Å². The molecule has 0 spiro atoms. The summed E-state index contributed by atoms with van der Waals surface area (Å²) >= 11 is 0.939. The molecule has 0 saturated heterocycles. The molecule has 0 radical (unpaired) electrons. The highest BCUT2D eigenvalue weighted by Gasteiger charge is 2.29. The molecule has 0 atom stereocenters. The summed E-state index contributed by atoms with van der Waals surface area (Å²) in [7, 11) is 0. The number of hydrogen-bond donors (Lipinski definition) is 3. The maximum Gasteiger partial charge on any atom is 0.336 e. The van der Waals surface area contributed by atoms with Crippen LogP contribution in [0.15, 0.2) is 62.7 Å². The smallest absolute Gasteiger partial charge is 0.336 e. The number of benzene rings is 2. The van der Waals surface area contributed by atoms with Gasteiger partial charge in [-0.2, -0.15) is 0 Å². The lowest BCUT2D eigenvalue weighted by atomic mass is 9.99. The Bertz CT molecular complexity index is 1180. The van der Waals surface area contributed by atoms with E-state index in [4.69, 9.17) is 15.6 Å². The quantitative estimate of drug-likeness (QED) is 0.292. The number of halogens is 1. The molecule has 0 aliphatic heterocycles. The molecule has 3 rings (SSSR count). The average molecular weight is 442 g/mol. The van der Waals surface area contributed by atoms with Gasteiger partial charge >= 0.3 is 5.63 Å². The number of nitrogens with zero attached hydrogens (tertiary/aromatic N) is 1. The molecule has 162 valence electrons. The van der Waals surface area contributed by atoms with Crippen LogP contribution in [-0.2, 0) is 6.54 Å². The monoisotopic (exact) mass is 441 g/mol. The highest BCUT2D eigenvalue weighted by atomic mass is 32.2. The van der Waals surface area contributed by atoms with Crippen molar-refractivity contribution in [2.75, 3.05) is 0 Å². The van der Waals surface area contributed by atoms with Gasteiger partial charge in [0.05, 0.1) is 6.54 Å². The number of aliphatic imine (C=N–C) groups is 1. The first-order valence-electron chi connectivity index (χ1n) is 9.87. The number of hydrogen-bond acceptors (Lipinski definition) is 6. The van der Waals surface area contributed by atoms with Crippen molar-refractivity contribution >= 4 is 32.9 Å². The van der Waals surface area contributed by atoms with Crippen LogP contribution in [-0.4, -0.2) is 20.9 Å². The predicted molar refractivity (Wildman–Crippen MR) is 124 cm³/mol. The van der Waals surface area contributed by atoms with Gasteiger partial charge in [-0.1, -0.05) is 38.1 Å². The van der Waals surface area contributed by atoms with Crippen LogP contribution >= 0.6 is 11.8 Å². The molecule has 0 bridgehead atoms. The van der Waals surface area contributed by atoms with Gasteiger partial charge in [0.15, 0.2) is 5.17 Å². The molecular weight excluding hydrogens is 417 g/mol. The van der Waals surface area contributed by atoms with Gasteiger partial charge in [0.2, 0.25) is 0 Å². The largest absolute Gasteiger partial charge is 0.423 e. The van der Waals surface area contributed by atoms with Crippen LogP contribution < -0.4 is 11.4 Å². The molecule has 0 unspecified atom stereocenters. The number of aliphatic hydroxyl groups is 1. The van der Waals surface area contributed by atoms with Crippen LogP contribution in [0.4, 0.5) is 4.39 Å². The number of nitrogens with two attached hydrogens (primary N) is 1. The fourth-order valence-corrected chi connectivity index (χ4v) is 3.96. The van der Waals surface area contributed by atoms with Gasteiger partial charge in [-0.25, -0.2) is 9.18 Å². The van der Waals surface area contributed by atoms with Gasteiger partial charge in [-0.3, -0.25) is 10.4 Å². The third-order valence-corrected chi connectivity index (χ3v) is 6.10. The Morgan fingerprint density at radius 1 is 1.19 bits per heavy atom. The van der Waals surface area contributed by atoms with Crippen molar-refractivity contribution in [2.24, 2.45) is 10.7 Å². The van der Waals surface area contributed by atoms with E-state index in [2.05, 4.69) is 4.99 Å². The van der Waals surface area contributed by atoms with Crippen LogP contribution in [0, 0.1) is 11.2 Å². The van der Waals surface area contributed by atoms with E-state index in [1.165, 1.54) is 18.2 Å². The van der Waals surface area contributed by atoms with Crippen LogP contribution in [0.5, 0.6) is 0 Å². The van der Waals surface area contributed by atoms with Crippen molar-refractivity contribution in [1.82, 2.24) is 0 Å². The molecular formula is C23H24FN3O3S. The third kappa shape index (κ3) is 5.21. The number of thioether (sulfide) groups is 1. The van der Waals surface area contributed by atoms with E-state index in [0.29, 0.717) is 29.6 Å². The number of fused-ring (bicyclic) bond motifs is 1. The Morgan fingerprint density at radius 3 is 2.52 bits per heavy atom. The lowest BCUT2D eigenvalue weighted by Crippen LogP contribution is -2.36. The summed E-state index contributed by atoms with van der Waals surface area (Å²) in [5.74, 6) is -0.351. The molecule has 2 aromatic carbocycles. The van der Waals surface area contributed by atoms with Crippen molar-refractivity contribution in [3.8, 4) is 11.1 Å². The molecule has 0 fully saturated rings. The molecule has 6 nitrogen and oxygen atoms in total. The van der Waals surface area contributed by atoms with Crippen LogP contribution in [0.25, 0.3) is 22.1 Å². The minimum absolute atomic E-state index is 0.0622. The predicted octanol–water partition coefficient (Wildman–Crippen LogP) is 4.68. The highest BCUT2D eigenvalue weighted by Crippen LogP contribution is 2.28.